The van der Waals surface area contributed by atoms with E-state index in [0.717, 1.165) is 5.69 Å². The van der Waals surface area contributed by atoms with Gasteiger partial charge in [0.2, 0.25) is 11.8 Å². The first-order chi connectivity index (χ1) is 9.74. The minimum absolute atomic E-state index is 0.0245. The van der Waals surface area contributed by atoms with E-state index < -0.39 is 0 Å². The highest BCUT2D eigenvalue weighted by molar-refractivity contribution is 6.03. The van der Waals surface area contributed by atoms with Crippen molar-refractivity contribution in [3.63, 3.8) is 0 Å². The number of aromatic amines is 1. The molecule has 0 aliphatic carbocycles. The standard InChI is InChI=1S/C14H14N4O2/c19-13-6-10(14(20)17-11-7-15-16-8-11)9-18(13)12-4-2-1-3-5-12/h1-5,7-8,10H,6,9H2,(H,15,16)(H,17,20)/t10-/m0/s1. The van der Waals surface area contributed by atoms with Crippen molar-refractivity contribution < 1.29 is 9.59 Å². The second kappa shape index (κ2) is 5.16. The van der Waals surface area contributed by atoms with Crippen molar-refractivity contribution in [3.05, 3.63) is 42.7 Å². The van der Waals surface area contributed by atoms with Crippen LogP contribution in [0.2, 0.25) is 0 Å². The molecule has 2 N–H and O–H groups in total. The highest BCUT2D eigenvalue weighted by atomic mass is 16.2. The molecule has 0 bridgehead atoms. The number of para-hydroxylation sites is 1. The maximum Gasteiger partial charge on any atom is 0.229 e. The average Bonchev–Trinajstić information content (AvgIpc) is 3.09. The predicted octanol–water partition coefficient (Wildman–Crippen LogP) is 1.40. The molecule has 6 nitrogen and oxygen atoms in total. The predicted molar refractivity (Wildman–Crippen MR) is 74.1 cm³/mol. The molecule has 1 aromatic heterocycles. The maximum atomic E-state index is 12.1. The monoisotopic (exact) mass is 270 g/mol. The quantitative estimate of drug-likeness (QED) is 0.885. The van der Waals surface area contributed by atoms with Gasteiger partial charge in [-0.1, -0.05) is 18.2 Å². The first kappa shape index (κ1) is 12.4. The molecule has 102 valence electrons. The van der Waals surface area contributed by atoms with Gasteiger partial charge in [0.1, 0.15) is 0 Å². The van der Waals surface area contributed by atoms with Crippen molar-refractivity contribution in [1.29, 1.82) is 0 Å². The molecule has 2 heterocycles. The van der Waals surface area contributed by atoms with Gasteiger partial charge >= 0.3 is 0 Å². The Labute approximate surface area is 115 Å². The van der Waals surface area contributed by atoms with E-state index in [9.17, 15) is 9.59 Å². The molecule has 2 aromatic rings. The van der Waals surface area contributed by atoms with Gasteiger partial charge in [-0.2, -0.15) is 5.10 Å². The van der Waals surface area contributed by atoms with E-state index in [-0.39, 0.29) is 24.2 Å². The molecule has 3 rings (SSSR count). The van der Waals surface area contributed by atoms with Crippen molar-refractivity contribution in [3.8, 4) is 0 Å². The number of hydrogen-bond donors (Lipinski definition) is 2. The van der Waals surface area contributed by atoms with Crippen molar-refractivity contribution >= 4 is 23.2 Å². The molecule has 1 aromatic carbocycles. The minimum atomic E-state index is -0.336. The third-order valence-corrected chi connectivity index (χ3v) is 3.33. The Morgan fingerprint density at radius 2 is 2.15 bits per heavy atom. The fourth-order valence-corrected chi connectivity index (χ4v) is 2.30. The molecule has 2 amide bonds. The summed E-state index contributed by atoms with van der Waals surface area (Å²) in [6.45, 7) is 0.409. The van der Waals surface area contributed by atoms with E-state index in [0.29, 0.717) is 12.2 Å². The molecular formula is C14H14N4O2. The summed E-state index contributed by atoms with van der Waals surface area (Å²) in [5.41, 5.74) is 1.44. The zero-order valence-electron chi connectivity index (χ0n) is 10.7. The summed E-state index contributed by atoms with van der Waals surface area (Å²) in [6, 6.07) is 9.39. The summed E-state index contributed by atoms with van der Waals surface area (Å²) in [5.74, 6) is -0.515. The number of hydrogen-bond acceptors (Lipinski definition) is 3. The van der Waals surface area contributed by atoms with Crippen LogP contribution in [0.3, 0.4) is 0 Å². The lowest BCUT2D eigenvalue weighted by molar-refractivity contribution is -0.122. The van der Waals surface area contributed by atoms with E-state index in [1.807, 2.05) is 30.3 Å². The van der Waals surface area contributed by atoms with Crippen LogP contribution in [0.5, 0.6) is 0 Å². The molecule has 1 aliphatic heterocycles. The van der Waals surface area contributed by atoms with Crippen LogP contribution < -0.4 is 10.2 Å². The first-order valence-electron chi connectivity index (χ1n) is 6.39. The van der Waals surface area contributed by atoms with E-state index in [2.05, 4.69) is 15.5 Å². The summed E-state index contributed by atoms with van der Waals surface area (Å²) in [6.07, 6.45) is 3.37. The first-order valence-corrected chi connectivity index (χ1v) is 6.39. The Hall–Kier alpha value is -2.63. The van der Waals surface area contributed by atoms with Crippen LogP contribution in [-0.4, -0.2) is 28.6 Å². The number of benzene rings is 1. The van der Waals surface area contributed by atoms with Crippen LogP contribution in [0.15, 0.2) is 42.7 Å². The highest BCUT2D eigenvalue weighted by Crippen LogP contribution is 2.25. The summed E-state index contributed by atoms with van der Waals surface area (Å²) < 4.78 is 0. The summed E-state index contributed by atoms with van der Waals surface area (Å²) in [5, 5.41) is 9.13. The molecular weight excluding hydrogens is 256 g/mol. The summed E-state index contributed by atoms with van der Waals surface area (Å²) in [4.78, 5) is 25.8. The molecule has 1 saturated heterocycles. The zero-order valence-corrected chi connectivity index (χ0v) is 10.7. The molecule has 1 aliphatic rings. The second-order valence-corrected chi connectivity index (χ2v) is 4.72. The van der Waals surface area contributed by atoms with Gasteiger partial charge in [-0.3, -0.25) is 14.7 Å². The third-order valence-electron chi connectivity index (χ3n) is 3.33. The van der Waals surface area contributed by atoms with Gasteiger partial charge in [0, 0.05) is 24.8 Å². The Morgan fingerprint density at radius 1 is 1.35 bits per heavy atom. The average molecular weight is 270 g/mol. The van der Waals surface area contributed by atoms with Crippen molar-refractivity contribution in [1.82, 2.24) is 10.2 Å². The fourth-order valence-electron chi connectivity index (χ4n) is 2.30. The van der Waals surface area contributed by atoms with Crippen LogP contribution in [0.25, 0.3) is 0 Å². The van der Waals surface area contributed by atoms with E-state index >= 15 is 0 Å². The van der Waals surface area contributed by atoms with Gasteiger partial charge in [0.25, 0.3) is 0 Å². The van der Waals surface area contributed by atoms with Gasteiger partial charge in [0.15, 0.2) is 0 Å². The number of carbonyl (C=O) groups is 2. The van der Waals surface area contributed by atoms with E-state index in [4.69, 9.17) is 0 Å². The van der Waals surface area contributed by atoms with Gasteiger partial charge in [-0.25, -0.2) is 0 Å². The van der Waals surface area contributed by atoms with Crippen LogP contribution in [0.4, 0.5) is 11.4 Å². The molecule has 0 spiro atoms. The number of carbonyl (C=O) groups excluding carboxylic acids is 2. The largest absolute Gasteiger partial charge is 0.323 e. The van der Waals surface area contributed by atoms with Gasteiger partial charge in [0.05, 0.1) is 17.8 Å². The van der Waals surface area contributed by atoms with E-state index in [1.165, 1.54) is 6.20 Å². The number of nitrogens with zero attached hydrogens (tertiary/aromatic N) is 2. The Bertz CT molecular complexity index is 609. The number of aromatic nitrogens is 2. The normalized spacial score (nSPS) is 18.3. The fraction of sp³-hybridized carbons (Fsp3) is 0.214. The van der Waals surface area contributed by atoms with Crippen molar-refractivity contribution in [2.75, 3.05) is 16.8 Å². The third kappa shape index (κ3) is 2.40. The molecule has 1 atom stereocenters. The Balaban J connectivity index is 1.69. The number of amides is 2. The molecule has 6 heteroatoms. The SMILES string of the molecule is O=C(Nc1cn[nH]c1)[C@H]1CC(=O)N(c2ccccc2)C1. The number of H-pyrrole nitrogens is 1. The van der Waals surface area contributed by atoms with Crippen LogP contribution in [0, 0.1) is 5.92 Å². The van der Waals surface area contributed by atoms with Gasteiger partial charge in [-0.05, 0) is 12.1 Å². The molecule has 20 heavy (non-hydrogen) atoms. The Morgan fingerprint density at radius 3 is 2.85 bits per heavy atom. The van der Waals surface area contributed by atoms with Crippen LogP contribution in [-0.2, 0) is 9.59 Å². The zero-order chi connectivity index (χ0) is 13.9. The molecule has 0 unspecified atom stereocenters. The van der Waals surface area contributed by atoms with E-state index in [1.54, 1.807) is 11.1 Å². The number of anilines is 2. The molecule has 0 radical (unpaired) electrons. The number of rotatable bonds is 3. The van der Waals surface area contributed by atoms with Crippen LogP contribution in [0.1, 0.15) is 6.42 Å². The van der Waals surface area contributed by atoms with Gasteiger partial charge in [-0.15, -0.1) is 0 Å². The minimum Gasteiger partial charge on any atom is -0.323 e. The van der Waals surface area contributed by atoms with Crippen LogP contribution >= 0.6 is 0 Å². The lowest BCUT2D eigenvalue weighted by Crippen LogP contribution is -2.27. The van der Waals surface area contributed by atoms with Crippen molar-refractivity contribution in [2.45, 2.75) is 6.42 Å². The molecule has 0 saturated carbocycles. The Kier molecular flexibility index (Phi) is 3.20. The topological polar surface area (TPSA) is 78.1 Å². The van der Waals surface area contributed by atoms with Crippen molar-refractivity contribution in [2.24, 2.45) is 5.92 Å². The lowest BCUT2D eigenvalue weighted by atomic mass is 10.1. The van der Waals surface area contributed by atoms with Gasteiger partial charge < -0.3 is 10.2 Å². The lowest BCUT2D eigenvalue weighted by Gasteiger charge is -2.16. The smallest absolute Gasteiger partial charge is 0.229 e. The molecule has 1 fully saturated rings. The summed E-state index contributed by atoms with van der Waals surface area (Å²) in [7, 11) is 0. The number of nitrogens with one attached hydrogen (secondary N) is 2. The summed E-state index contributed by atoms with van der Waals surface area (Å²) >= 11 is 0. The second-order valence-electron chi connectivity index (χ2n) is 4.72. The highest BCUT2D eigenvalue weighted by Gasteiger charge is 2.35. The maximum absolute atomic E-state index is 12.1.